The van der Waals surface area contributed by atoms with E-state index in [1.54, 1.807) is 29.6 Å². The fourth-order valence-electron chi connectivity index (χ4n) is 2.14. The van der Waals surface area contributed by atoms with Gasteiger partial charge >= 0.3 is 0 Å². The average molecular weight is 380 g/mol. The van der Waals surface area contributed by atoms with E-state index in [2.05, 4.69) is 22.3 Å². The van der Waals surface area contributed by atoms with Crippen molar-refractivity contribution >= 4 is 39.7 Å². The van der Waals surface area contributed by atoms with Gasteiger partial charge in [0.25, 0.3) is 10.0 Å². The van der Waals surface area contributed by atoms with Crippen LogP contribution >= 0.6 is 24.0 Å². The van der Waals surface area contributed by atoms with Gasteiger partial charge in [-0.2, -0.15) is 0 Å². The molecule has 0 atom stereocenters. The first-order chi connectivity index (χ1) is 11.4. The highest BCUT2D eigenvalue weighted by Gasteiger charge is 2.19. The van der Waals surface area contributed by atoms with E-state index in [1.165, 1.54) is 29.5 Å². The van der Waals surface area contributed by atoms with Gasteiger partial charge in [0.2, 0.25) is 0 Å². The van der Waals surface area contributed by atoms with Gasteiger partial charge in [-0.05, 0) is 31.2 Å². The number of nitrogens with one attached hydrogen (secondary N) is 1. The highest BCUT2D eigenvalue weighted by Crippen LogP contribution is 2.33. The van der Waals surface area contributed by atoms with Gasteiger partial charge in [-0.1, -0.05) is 18.2 Å². The Balaban J connectivity index is 1.97. The van der Waals surface area contributed by atoms with E-state index in [0.29, 0.717) is 11.3 Å². The van der Waals surface area contributed by atoms with Gasteiger partial charge in [-0.15, -0.1) is 24.0 Å². The van der Waals surface area contributed by atoms with Crippen LogP contribution < -0.4 is 4.72 Å². The van der Waals surface area contributed by atoms with Crippen LogP contribution in [0.4, 0.5) is 10.1 Å². The predicted molar refractivity (Wildman–Crippen MR) is 96.7 cm³/mol. The van der Waals surface area contributed by atoms with Crippen molar-refractivity contribution in [2.24, 2.45) is 0 Å². The summed E-state index contributed by atoms with van der Waals surface area (Å²) in [7, 11) is -3.86. The van der Waals surface area contributed by atoms with Crippen molar-refractivity contribution in [2.45, 2.75) is 16.7 Å². The molecule has 0 saturated heterocycles. The van der Waals surface area contributed by atoms with Gasteiger partial charge in [0.1, 0.15) is 0 Å². The summed E-state index contributed by atoms with van der Waals surface area (Å²) in [6, 6.07) is 10.8. The number of nitrogens with zero attached hydrogens (tertiary/aromatic N) is 1. The second-order valence-electron chi connectivity index (χ2n) is 4.99. The summed E-state index contributed by atoms with van der Waals surface area (Å²) in [4.78, 5) is 4.41. The summed E-state index contributed by atoms with van der Waals surface area (Å²) in [6.07, 6.45) is 0. The smallest absolute Gasteiger partial charge is 0.261 e. The first-order valence-electron chi connectivity index (χ1n) is 6.90. The van der Waals surface area contributed by atoms with Crippen LogP contribution in [0.25, 0.3) is 11.3 Å². The Kier molecular flexibility index (Phi) is 4.62. The Morgan fingerprint density at radius 2 is 1.88 bits per heavy atom. The topological polar surface area (TPSA) is 59.1 Å². The highest BCUT2D eigenvalue weighted by molar-refractivity contribution is 7.92. The molecule has 0 aliphatic heterocycles. The zero-order valence-corrected chi connectivity index (χ0v) is 15.1. The number of rotatable bonds is 4. The van der Waals surface area contributed by atoms with Crippen molar-refractivity contribution in [3.63, 3.8) is 0 Å². The fourth-order valence-corrected chi connectivity index (χ4v) is 4.14. The van der Waals surface area contributed by atoms with Crippen molar-refractivity contribution in [1.82, 2.24) is 4.98 Å². The molecule has 8 heteroatoms. The van der Waals surface area contributed by atoms with E-state index in [0.717, 1.165) is 5.01 Å². The lowest BCUT2D eigenvalue weighted by molar-refractivity contribution is 0.594. The minimum Gasteiger partial charge on any atom is -0.277 e. The Bertz CT molecular complexity index is 986. The third kappa shape index (κ3) is 3.31. The lowest BCUT2D eigenvalue weighted by atomic mass is 10.1. The third-order valence-corrected chi connectivity index (χ3v) is 5.90. The molecule has 0 aliphatic rings. The molecule has 1 aromatic heterocycles. The van der Waals surface area contributed by atoms with Crippen molar-refractivity contribution in [2.75, 3.05) is 4.72 Å². The van der Waals surface area contributed by atoms with E-state index in [9.17, 15) is 12.8 Å². The fraction of sp³-hybridized carbons (Fsp3) is 0.0625. The van der Waals surface area contributed by atoms with Gasteiger partial charge in [0, 0.05) is 10.9 Å². The zero-order valence-electron chi connectivity index (χ0n) is 12.5. The molecule has 24 heavy (non-hydrogen) atoms. The summed E-state index contributed by atoms with van der Waals surface area (Å²) in [5, 5.41) is 2.66. The SMILES string of the molecule is Cc1nc(-c2ccc(NS(=O)(=O)c3ccccc3)c(F)c2S)cs1. The number of sulfonamides is 1. The number of benzene rings is 2. The molecule has 1 N–H and O–H groups in total. The number of thiol groups is 1. The van der Waals surface area contributed by atoms with Crippen LogP contribution in [-0.2, 0) is 10.0 Å². The summed E-state index contributed by atoms with van der Waals surface area (Å²) < 4.78 is 41.5. The predicted octanol–water partition coefficient (Wildman–Crippen LogP) is 4.35. The molecular weight excluding hydrogens is 367 g/mol. The number of aryl methyl sites for hydroxylation is 1. The molecule has 0 radical (unpaired) electrons. The van der Waals surface area contributed by atoms with Crippen molar-refractivity contribution in [3.8, 4) is 11.3 Å². The molecule has 124 valence electrons. The van der Waals surface area contributed by atoms with Crippen LogP contribution in [0.1, 0.15) is 5.01 Å². The van der Waals surface area contributed by atoms with E-state index in [-0.39, 0.29) is 15.5 Å². The van der Waals surface area contributed by atoms with Gasteiger partial charge in [0.05, 0.1) is 26.2 Å². The molecule has 0 fully saturated rings. The molecule has 0 aliphatic carbocycles. The highest BCUT2D eigenvalue weighted by atomic mass is 32.2. The molecule has 0 saturated carbocycles. The van der Waals surface area contributed by atoms with Crippen LogP contribution in [0.5, 0.6) is 0 Å². The standard InChI is InChI=1S/C16H13FN2O2S3/c1-10-18-14(9-23-10)12-7-8-13(15(17)16(12)22)19-24(20,21)11-5-3-2-4-6-11/h2-9,19,22H,1H3. The number of anilines is 1. The number of aromatic nitrogens is 1. The Hall–Kier alpha value is -1.90. The number of halogens is 1. The summed E-state index contributed by atoms with van der Waals surface area (Å²) >= 11 is 5.64. The average Bonchev–Trinajstić information content (AvgIpc) is 2.99. The van der Waals surface area contributed by atoms with E-state index in [4.69, 9.17) is 0 Å². The van der Waals surface area contributed by atoms with E-state index < -0.39 is 15.8 Å². The second kappa shape index (κ2) is 6.54. The lowest BCUT2D eigenvalue weighted by Gasteiger charge is -2.12. The van der Waals surface area contributed by atoms with Gasteiger partial charge in [0.15, 0.2) is 5.82 Å². The largest absolute Gasteiger partial charge is 0.277 e. The molecule has 0 amide bonds. The maximum atomic E-state index is 14.6. The second-order valence-corrected chi connectivity index (χ2v) is 8.19. The summed E-state index contributed by atoms with van der Waals surface area (Å²) in [5.41, 5.74) is 0.973. The molecule has 1 heterocycles. The van der Waals surface area contributed by atoms with Crippen molar-refractivity contribution < 1.29 is 12.8 Å². The maximum absolute atomic E-state index is 14.6. The summed E-state index contributed by atoms with van der Waals surface area (Å²) in [6.45, 7) is 1.85. The molecule has 4 nitrogen and oxygen atoms in total. The lowest BCUT2D eigenvalue weighted by Crippen LogP contribution is -2.14. The Morgan fingerprint density at radius 1 is 1.17 bits per heavy atom. The number of thiazole rings is 1. The van der Waals surface area contributed by atoms with Crippen LogP contribution in [0, 0.1) is 12.7 Å². The van der Waals surface area contributed by atoms with Gasteiger partial charge in [-0.3, -0.25) is 4.72 Å². The number of hydrogen-bond donors (Lipinski definition) is 2. The van der Waals surface area contributed by atoms with E-state index in [1.807, 2.05) is 6.92 Å². The minimum atomic E-state index is -3.86. The molecule has 0 unspecified atom stereocenters. The number of hydrogen-bond acceptors (Lipinski definition) is 5. The third-order valence-electron chi connectivity index (χ3n) is 3.31. The molecule has 3 aromatic rings. The van der Waals surface area contributed by atoms with Crippen molar-refractivity contribution in [3.05, 3.63) is 58.7 Å². The first kappa shape index (κ1) is 16.9. The monoisotopic (exact) mass is 380 g/mol. The molecule has 0 bridgehead atoms. The van der Waals surface area contributed by atoms with Gasteiger partial charge in [-0.25, -0.2) is 17.8 Å². The zero-order chi connectivity index (χ0) is 17.3. The molecular formula is C16H13FN2O2S3. The molecule has 0 spiro atoms. The maximum Gasteiger partial charge on any atom is 0.261 e. The van der Waals surface area contributed by atoms with E-state index >= 15 is 0 Å². The molecule has 2 aromatic carbocycles. The first-order valence-corrected chi connectivity index (χ1v) is 9.71. The van der Waals surface area contributed by atoms with Gasteiger partial charge < -0.3 is 0 Å². The minimum absolute atomic E-state index is 0.0496. The van der Waals surface area contributed by atoms with Crippen LogP contribution in [0.3, 0.4) is 0 Å². The normalized spacial score (nSPS) is 11.5. The Labute approximate surface area is 148 Å². The van der Waals surface area contributed by atoms with Crippen LogP contribution in [0.2, 0.25) is 0 Å². The van der Waals surface area contributed by atoms with Crippen molar-refractivity contribution in [1.29, 1.82) is 0 Å². The quantitative estimate of drug-likeness (QED) is 0.662. The van der Waals surface area contributed by atoms with Crippen LogP contribution in [0.15, 0.2) is 57.6 Å². The summed E-state index contributed by atoms with van der Waals surface area (Å²) in [5.74, 6) is -0.735. The Morgan fingerprint density at radius 3 is 2.50 bits per heavy atom. The van der Waals surface area contributed by atoms with Crippen LogP contribution in [-0.4, -0.2) is 13.4 Å². The molecule has 3 rings (SSSR count).